The maximum atomic E-state index is 12.1. The van der Waals surface area contributed by atoms with Gasteiger partial charge in [0.15, 0.2) is 0 Å². The van der Waals surface area contributed by atoms with E-state index in [9.17, 15) is 4.79 Å². The lowest BCUT2D eigenvalue weighted by Gasteiger charge is -2.28. The Labute approximate surface area is 103 Å². The summed E-state index contributed by atoms with van der Waals surface area (Å²) in [7, 11) is 0. The molecule has 0 aromatic carbocycles. The third-order valence-corrected chi connectivity index (χ3v) is 3.70. The number of nitrogens with one attached hydrogen (secondary N) is 1. The van der Waals surface area contributed by atoms with Crippen molar-refractivity contribution < 1.29 is 4.79 Å². The van der Waals surface area contributed by atoms with E-state index in [1.54, 1.807) is 0 Å². The molecular formula is C12H24N2OS. The van der Waals surface area contributed by atoms with Gasteiger partial charge in [-0.1, -0.05) is 6.92 Å². The lowest BCUT2D eigenvalue weighted by molar-refractivity contribution is -0.133. The molecule has 0 saturated carbocycles. The predicted octanol–water partition coefficient (Wildman–Crippen LogP) is 1.73. The highest BCUT2D eigenvalue weighted by atomic mass is 32.2. The van der Waals surface area contributed by atoms with Gasteiger partial charge in [-0.15, -0.1) is 0 Å². The van der Waals surface area contributed by atoms with Crippen LogP contribution in [0.25, 0.3) is 0 Å². The normalized spacial score (nSPS) is 20.0. The summed E-state index contributed by atoms with van der Waals surface area (Å²) in [6.07, 6.45) is 6.01. The van der Waals surface area contributed by atoms with E-state index < -0.39 is 0 Å². The summed E-state index contributed by atoms with van der Waals surface area (Å²) >= 11 is 1.82. The fourth-order valence-corrected chi connectivity index (χ4v) is 2.60. The van der Waals surface area contributed by atoms with Crippen molar-refractivity contribution in [1.82, 2.24) is 10.2 Å². The van der Waals surface area contributed by atoms with Gasteiger partial charge in [-0.3, -0.25) is 4.79 Å². The molecule has 1 saturated heterocycles. The summed E-state index contributed by atoms with van der Waals surface area (Å²) in [4.78, 5) is 14.2. The van der Waals surface area contributed by atoms with Crippen molar-refractivity contribution in [2.45, 2.75) is 38.6 Å². The third-order valence-electron chi connectivity index (χ3n) is 3.00. The number of thioether (sulfide) groups is 1. The van der Waals surface area contributed by atoms with Crippen molar-refractivity contribution in [1.29, 1.82) is 0 Å². The molecule has 3 nitrogen and oxygen atoms in total. The third kappa shape index (κ3) is 4.34. The minimum Gasteiger partial charge on any atom is -0.338 e. The highest BCUT2D eigenvalue weighted by Gasteiger charge is 2.25. The van der Waals surface area contributed by atoms with Crippen molar-refractivity contribution in [2.75, 3.05) is 31.6 Å². The van der Waals surface area contributed by atoms with Gasteiger partial charge in [0.1, 0.15) is 0 Å². The number of hydrogen-bond donors (Lipinski definition) is 1. The molecule has 1 aliphatic rings. The lowest BCUT2D eigenvalue weighted by atomic mass is 10.2. The zero-order valence-corrected chi connectivity index (χ0v) is 11.3. The largest absolute Gasteiger partial charge is 0.338 e. The first-order valence-corrected chi connectivity index (χ1v) is 7.68. The molecule has 94 valence electrons. The topological polar surface area (TPSA) is 32.3 Å². The summed E-state index contributed by atoms with van der Waals surface area (Å²) < 4.78 is 0. The van der Waals surface area contributed by atoms with Crippen molar-refractivity contribution in [3.63, 3.8) is 0 Å². The zero-order valence-electron chi connectivity index (χ0n) is 10.5. The Hall–Kier alpha value is -0.220. The Balaban J connectivity index is 2.38. The summed E-state index contributed by atoms with van der Waals surface area (Å²) in [6, 6.07) is 0.446. The molecule has 0 bridgehead atoms. The van der Waals surface area contributed by atoms with Crippen molar-refractivity contribution in [3.8, 4) is 0 Å². The summed E-state index contributed by atoms with van der Waals surface area (Å²) in [6.45, 7) is 5.10. The van der Waals surface area contributed by atoms with Crippen LogP contribution >= 0.6 is 11.8 Å². The zero-order chi connectivity index (χ0) is 11.8. The monoisotopic (exact) mass is 244 g/mol. The van der Waals surface area contributed by atoms with Crippen LogP contribution in [0.3, 0.4) is 0 Å². The molecule has 1 heterocycles. The van der Waals surface area contributed by atoms with Crippen LogP contribution in [0, 0.1) is 0 Å². The Kier molecular flexibility index (Phi) is 6.88. The molecule has 0 radical (unpaired) electrons. The van der Waals surface area contributed by atoms with E-state index in [1.807, 2.05) is 11.8 Å². The molecule has 1 fully saturated rings. The van der Waals surface area contributed by atoms with Gasteiger partial charge >= 0.3 is 0 Å². The summed E-state index contributed by atoms with van der Waals surface area (Å²) in [5, 5.41) is 3.34. The highest BCUT2D eigenvalue weighted by molar-refractivity contribution is 7.98. The van der Waals surface area contributed by atoms with Crippen molar-refractivity contribution in [2.24, 2.45) is 0 Å². The number of hydrogen-bond acceptors (Lipinski definition) is 3. The molecule has 0 aliphatic carbocycles. The van der Waals surface area contributed by atoms with Gasteiger partial charge in [0.25, 0.3) is 0 Å². The van der Waals surface area contributed by atoms with Crippen LogP contribution in [0.2, 0.25) is 0 Å². The van der Waals surface area contributed by atoms with Gasteiger partial charge in [0.05, 0.1) is 0 Å². The Bertz CT molecular complexity index is 205. The average molecular weight is 244 g/mol. The Morgan fingerprint density at radius 1 is 1.56 bits per heavy atom. The van der Waals surface area contributed by atoms with Gasteiger partial charge in [0.2, 0.25) is 5.91 Å². The standard InChI is InChI=1S/C12H24N2OS/c1-3-8-14(11-6-7-13-10-11)12(15)5-4-9-16-2/h11,13H,3-10H2,1-2H3. The molecule has 0 aromatic heterocycles. The molecular weight excluding hydrogens is 220 g/mol. The van der Waals surface area contributed by atoms with Crippen LogP contribution in [0.5, 0.6) is 0 Å². The SMILES string of the molecule is CCCN(C(=O)CCCSC)C1CCNC1. The second kappa shape index (κ2) is 7.96. The molecule has 16 heavy (non-hydrogen) atoms. The second-order valence-electron chi connectivity index (χ2n) is 4.33. The minimum absolute atomic E-state index is 0.351. The van der Waals surface area contributed by atoms with E-state index >= 15 is 0 Å². The van der Waals surface area contributed by atoms with E-state index in [0.717, 1.165) is 51.1 Å². The number of carbonyl (C=O) groups excluding carboxylic acids is 1. The lowest BCUT2D eigenvalue weighted by Crippen LogP contribution is -2.42. The highest BCUT2D eigenvalue weighted by Crippen LogP contribution is 2.12. The summed E-state index contributed by atoms with van der Waals surface area (Å²) in [5.41, 5.74) is 0. The minimum atomic E-state index is 0.351. The van der Waals surface area contributed by atoms with Gasteiger partial charge in [-0.05, 0) is 37.8 Å². The van der Waals surface area contributed by atoms with Crippen LogP contribution in [-0.4, -0.2) is 48.5 Å². The number of amides is 1. The van der Waals surface area contributed by atoms with E-state index in [4.69, 9.17) is 0 Å². The quantitative estimate of drug-likeness (QED) is 0.692. The second-order valence-corrected chi connectivity index (χ2v) is 5.32. The Morgan fingerprint density at radius 3 is 2.94 bits per heavy atom. The molecule has 1 amide bonds. The van der Waals surface area contributed by atoms with Crippen molar-refractivity contribution in [3.05, 3.63) is 0 Å². The van der Waals surface area contributed by atoms with Crippen LogP contribution in [0.1, 0.15) is 32.6 Å². The molecule has 0 spiro atoms. The van der Waals surface area contributed by atoms with Crippen LogP contribution < -0.4 is 5.32 Å². The number of rotatable bonds is 7. The van der Waals surface area contributed by atoms with Crippen LogP contribution in [0.15, 0.2) is 0 Å². The molecule has 1 unspecified atom stereocenters. The smallest absolute Gasteiger partial charge is 0.222 e. The number of nitrogens with zero attached hydrogens (tertiary/aromatic N) is 1. The first-order chi connectivity index (χ1) is 7.79. The van der Waals surface area contributed by atoms with E-state index in [1.165, 1.54) is 0 Å². The van der Waals surface area contributed by atoms with E-state index in [-0.39, 0.29) is 0 Å². The fourth-order valence-electron chi connectivity index (χ4n) is 2.17. The van der Waals surface area contributed by atoms with E-state index in [0.29, 0.717) is 11.9 Å². The molecule has 0 aromatic rings. The van der Waals surface area contributed by atoms with Gasteiger partial charge in [-0.25, -0.2) is 0 Å². The number of carbonyl (C=O) groups is 1. The maximum absolute atomic E-state index is 12.1. The molecule has 1 aliphatic heterocycles. The van der Waals surface area contributed by atoms with Crippen LogP contribution in [-0.2, 0) is 4.79 Å². The van der Waals surface area contributed by atoms with Gasteiger partial charge in [0, 0.05) is 25.6 Å². The average Bonchev–Trinajstić information content (AvgIpc) is 2.79. The fraction of sp³-hybridized carbons (Fsp3) is 0.917. The predicted molar refractivity (Wildman–Crippen MR) is 70.9 cm³/mol. The maximum Gasteiger partial charge on any atom is 0.222 e. The first kappa shape index (κ1) is 13.8. The van der Waals surface area contributed by atoms with E-state index in [2.05, 4.69) is 23.4 Å². The van der Waals surface area contributed by atoms with Crippen molar-refractivity contribution >= 4 is 17.7 Å². The van der Waals surface area contributed by atoms with Gasteiger partial charge < -0.3 is 10.2 Å². The molecule has 4 heteroatoms. The molecule has 1 N–H and O–H groups in total. The summed E-state index contributed by atoms with van der Waals surface area (Å²) in [5.74, 6) is 1.44. The van der Waals surface area contributed by atoms with Gasteiger partial charge in [-0.2, -0.15) is 11.8 Å². The first-order valence-electron chi connectivity index (χ1n) is 6.28. The Morgan fingerprint density at radius 2 is 2.38 bits per heavy atom. The molecule has 1 rings (SSSR count). The molecule has 1 atom stereocenters. The van der Waals surface area contributed by atoms with Crippen LogP contribution in [0.4, 0.5) is 0 Å².